The molecule has 1 aromatic rings. The SMILES string of the molecule is CCN1CCCC(Nc2cccc(Cl)c2)(C(=O)OC)CC1. The molecule has 0 bridgehead atoms. The van der Waals surface area contributed by atoms with Crippen LogP contribution in [-0.4, -0.2) is 43.2 Å². The van der Waals surface area contributed by atoms with Gasteiger partial charge in [-0.3, -0.25) is 0 Å². The maximum Gasteiger partial charge on any atom is 0.331 e. The number of hydrogen-bond donors (Lipinski definition) is 1. The zero-order chi connectivity index (χ0) is 15.3. The summed E-state index contributed by atoms with van der Waals surface area (Å²) in [5.74, 6) is -0.194. The van der Waals surface area contributed by atoms with Crippen LogP contribution in [-0.2, 0) is 9.53 Å². The van der Waals surface area contributed by atoms with Crippen molar-refractivity contribution in [1.29, 1.82) is 0 Å². The van der Waals surface area contributed by atoms with Gasteiger partial charge in [0, 0.05) is 17.3 Å². The number of esters is 1. The molecule has 1 fully saturated rings. The van der Waals surface area contributed by atoms with E-state index in [-0.39, 0.29) is 5.97 Å². The van der Waals surface area contributed by atoms with Crippen LogP contribution in [0.2, 0.25) is 5.02 Å². The molecule has 1 unspecified atom stereocenters. The fourth-order valence-corrected chi connectivity index (χ4v) is 3.11. The van der Waals surface area contributed by atoms with Crippen molar-refractivity contribution in [3.05, 3.63) is 29.3 Å². The molecular formula is C16H23ClN2O2. The van der Waals surface area contributed by atoms with Crippen molar-refractivity contribution in [2.75, 3.05) is 32.1 Å². The van der Waals surface area contributed by atoms with Gasteiger partial charge in [-0.2, -0.15) is 0 Å². The predicted octanol–water partition coefficient (Wildman–Crippen LogP) is 3.17. The fraction of sp³-hybridized carbons (Fsp3) is 0.562. The van der Waals surface area contributed by atoms with Crippen LogP contribution in [0.3, 0.4) is 0 Å². The lowest BCUT2D eigenvalue weighted by Crippen LogP contribution is -2.48. The molecule has 0 amide bonds. The zero-order valence-corrected chi connectivity index (χ0v) is 13.4. The minimum Gasteiger partial charge on any atom is -0.467 e. The van der Waals surface area contributed by atoms with Crippen molar-refractivity contribution in [3.63, 3.8) is 0 Å². The summed E-state index contributed by atoms with van der Waals surface area (Å²) < 4.78 is 5.07. The minimum atomic E-state index is -0.663. The van der Waals surface area contributed by atoms with Crippen molar-refractivity contribution in [3.8, 4) is 0 Å². The Kier molecular flexibility index (Phi) is 5.48. The van der Waals surface area contributed by atoms with Gasteiger partial charge in [0.2, 0.25) is 0 Å². The van der Waals surface area contributed by atoms with Crippen LogP contribution in [0.4, 0.5) is 5.69 Å². The van der Waals surface area contributed by atoms with Gasteiger partial charge in [-0.25, -0.2) is 4.79 Å². The van der Waals surface area contributed by atoms with Gasteiger partial charge < -0.3 is 15.0 Å². The predicted molar refractivity (Wildman–Crippen MR) is 85.8 cm³/mol. The Bertz CT molecular complexity index is 495. The minimum absolute atomic E-state index is 0.194. The molecule has 4 nitrogen and oxygen atoms in total. The highest BCUT2D eigenvalue weighted by Crippen LogP contribution is 2.29. The summed E-state index contributed by atoms with van der Waals surface area (Å²) in [6, 6.07) is 7.47. The second kappa shape index (κ2) is 7.14. The Morgan fingerprint density at radius 1 is 1.43 bits per heavy atom. The Hall–Kier alpha value is -1.26. The summed E-state index contributed by atoms with van der Waals surface area (Å²) in [5, 5.41) is 4.04. The standard InChI is InChI=1S/C16H23ClN2O2/c1-3-19-10-5-8-16(9-11-19,15(20)21-2)18-14-7-4-6-13(17)12-14/h4,6-7,12,18H,3,5,8-11H2,1-2H3. The third kappa shape index (κ3) is 3.89. The van der Waals surface area contributed by atoms with Gasteiger partial charge >= 0.3 is 5.97 Å². The van der Waals surface area contributed by atoms with E-state index in [4.69, 9.17) is 16.3 Å². The number of methoxy groups -OCH3 is 1. The fourth-order valence-electron chi connectivity index (χ4n) is 2.92. The Morgan fingerprint density at radius 3 is 2.90 bits per heavy atom. The van der Waals surface area contributed by atoms with Crippen LogP contribution in [0.5, 0.6) is 0 Å². The van der Waals surface area contributed by atoms with E-state index in [0.29, 0.717) is 5.02 Å². The quantitative estimate of drug-likeness (QED) is 0.867. The first-order valence-corrected chi connectivity index (χ1v) is 7.82. The summed E-state index contributed by atoms with van der Waals surface area (Å²) in [7, 11) is 1.45. The maximum absolute atomic E-state index is 12.4. The van der Waals surface area contributed by atoms with Gasteiger partial charge in [0.15, 0.2) is 0 Å². The number of ether oxygens (including phenoxy) is 1. The number of likely N-dealkylation sites (tertiary alicyclic amines) is 1. The molecule has 1 N–H and O–H groups in total. The van der Waals surface area contributed by atoms with Crippen LogP contribution < -0.4 is 5.32 Å². The van der Waals surface area contributed by atoms with E-state index in [1.165, 1.54) is 7.11 Å². The van der Waals surface area contributed by atoms with Crippen molar-refractivity contribution in [1.82, 2.24) is 4.90 Å². The van der Waals surface area contributed by atoms with E-state index in [1.54, 1.807) is 0 Å². The van der Waals surface area contributed by atoms with Crippen LogP contribution in [0.25, 0.3) is 0 Å². The number of hydrogen-bond acceptors (Lipinski definition) is 4. The van der Waals surface area contributed by atoms with Crippen molar-refractivity contribution in [2.45, 2.75) is 31.7 Å². The number of halogens is 1. The first-order chi connectivity index (χ1) is 10.1. The molecule has 0 aromatic heterocycles. The third-order valence-corrected chi connectivity index (χ3v) is 4.40. The van der Waals surface area contributed by atoms with Gasteiger partial charge in [0.1, 0.15) is 5.54 Å². The molecule has 1 aliphatic heterocycles. The lowest BCUT2D eigenvalue weighted by molar-refractivity contribution is -0.146. The molecule has 0 saturated carbocycles. The number of carbonyl (C=O) groups excluding carboxylic acids is 1. The van der Waals surface area contributed by atoms with E-state index in [0.717, 1.165) is 44.6 Å². The van der Waals surface area contributed by atoms with E-state index in [1.807, 2.05) is 24.3 Å². The smallest absolute Gasteiger partial charge is 0.331 e. The number of anilines is 1. The zero-order valence-electron chi connectivity index (χ0n) is 12.7. The van der Waals surface area contributed by atoms with Gasteiger partial charge in [0.05, 0.1) is 7.11 Å². The molecule has 1 heterocycles. The first kappa shape index (κ1) is 16.1. The average molecular weight is 311 g/mol. The summed E-state index contributed by atoms with van der Waals surface area (Å²) in [6.07, 6.45) is 2.47. The highest BCUT2D eigenvalue weighted by Gasteiger charge is 2.40. The van der Waals surface area contributed by atoms with Gasteiger partial charge in [-0.15, -0.1) is 0 Å². The lowest BCUT2D eigenvalue weighted by atomic mass is 9.90. The maximum atomic E-state index is 12.4. The molecule has 1 atom stereocenters. The summed E-state index contributed by atoms with van der Waals surface area (Å²) in [4.78, 5) is 14.8. The molecule has 0 aliphatic carbocycles. The monoisotopic (exact) mass is 310 g/mol. The molecule has 5 heteroatoms. The normalized spacial score (nSPS) is 23.4. The molecule has 116 valence electrons. The molecule has 1 aromatic carbocycles. The number of benzene rings is 1. The van der Waals surface area contributed by atoms with E-state index in [2.05, 4.69) is 17.1 Å². The summed E-state index contributed by atoms with van der Waals surface area (Å²) in [5.41, 5.74) is 0.196. The van der Waals surface area contributed by atoms with Crippen LogP contribution in [0.1, 0.15) is 26.2 Å². The van der Waals surface area contributed by atoms with Crippen LogP contribution >= 0.6 is 11.6 Å². The number of carbonyl (C=O) groups is 1. The molecule has 2 rings (SSSR count). The molecule has 1 aliphatic rings. The average Bonchev–Trinajstić information content (AvgIpc) is 2.69. The molecule has 0 spiro atoms. The largest absolute Gasteiger partial charge is 0.467 e. The highest BCUT2D eigenvalue weighted by atomic mass is 35.5. The van der Waals surface area contributed by atoms with E-state index in [9.17, 15) is 4.79 Å². The van der Waals surface area contributed by atoms with Crippen molar-refractivity contribution < 1.29 is 9.53 Å². The van der Waals surface area contributed by atoms with Gasteiger partial charge in [0.25, 0.3) is 0 Å². The van der Waals surface area contributed by atoms with Crippen molar-refractivity contribution in [2.24, 2.45) is 0 Å². The van der Waals surface area contributed by atoms with Gasteiger partial charge in [-0.1, -0.05) is 24.6 Å². The molecule has 0 radical (unpaired) electrons. The number of nitrogens with one attached hydrogen (secondary N) is 1. The Balaban J connectivity index is 2.23. The van der Waals surface area contributed by atoms with E-state index < -0.39 is 5.54 Å². The summed E-state index contributed by atoms with van der Waals surface area (Å²) in [6.45, 7) is 5.07. The molecule has 21 heavy (non-hydrogen) atoms. The highest BCUT2D eigenvalue weighted by molar-refractivity contribution is 6.30. The molecular weight excluding hydrogens is 288 g/mol. The Morgan fingerprint density at radius 2 is 2.24 bits per heavy atom. The number of rotatable bonds is 4. The second-order valence-electron chi connectivity index (χ2n) is 5.50. The lowest BCUT2D eigenvalue weighted by Gasteiger charge is -2.32. The van der Waals surface area contributed by atoms with Crippen LogP contribution in [0, 0.1) is 0 Å². The molecule has 1 saturated heterocycles. The van der Waals surface area contributed by atoms with Crippen LogP contribution in [0.15, 0.2) is 24.3 Å². The second-order valence-corrected chi connectivity index (χ2v) is 5.93. The number of nitrogens with zero attached hydrogens (tertiary/aromatic N) is 1. The third-order valence-electron chi connectivity index (χ3n) is 4.16. The van der Waals surface area contributed by atoms with E-state index >= 15 is 0 Å². The topological polar surface area (TPSA) is 41.6 Å². The van der Waals surface area contributed by atoms with Gasteiger partial charge in [-0.05, 0) is 50.6 Å². The first-order valence-electron chi connectivity index (χ1n) is 7.44. The Labute approximate surface area is 131 Å². The van der Waals surface area contributed by atoms with Crippen molar-refractivity contribution >= 4 is 23.3 Å². The summed E-state index contributed by atoms with van der Waals surface area (Å²) >= 11 is 6.03.